The second-order valence-electron chi connectivity index (χ2n) is 2.19. The number of rotatable bonds is 2. The molecule has 1 rings (SSSR count). The first-order chi connectivity index (χ1) is 5.61. The van der Waals surface area contributed by atoms with Crippen molar-refractivity contribution in [3.63, 3.8) is 0 Å². The van der Waals surface area contributed by atoms with Crippen molar-refractivity contribution in [1.29, 1.82) is 0 Å². The third-order valence-electron chi connectivity index (χ3n) is 1.38. The Bertz CT molecular complexity index is 287. The van der Waals surface area contributed by atoms with E-state index in [4.69, 9.17) is 10.2 Å². The fourth-order valence-corrected chi connectivity index (χ4v) is 0.755. The van der Waals surface area contributed by atoms with Crippen LogP contribution in [0.15, 0.2) is 24.3 Å². The van der Waals surface area contributed by atoms with Crippen LogP contribution in [0.2, 0.25) is 0 Å². The minimum atomic E-state index is -1.06. The summed E-state index contributed by atoms with van der Waals surface area (Å²) in [6.07, 6.45) is 0. The Labute approximate surface area is 95.6 Å². The van der Waals surface area contributed by atoms with Crippen molar-refractivity contribution in [2.75, 3.05) is 0 Å². The minimum absolute atomic E-state index is 0. The zero-order valence-electron chi connectivity index (χ0n) is 7.32. The van der Waals surface area contributed by atoms with Gasteiger partial charge in [0, 0.05) is 17.1 Å². The molecular weight excluding hydrogens is 256 g/mol. The van der Waals surface area contributed by atoms with Gasteiger partial charge in [0.2, 0.25) is 0 Å². The van der Waals surface area contributed by atoms with Crippen molar-refractivity contribution < 1.29 is 47.8 Å². The Morgan fingerprint density at radius 1 is 0.800 bits per heavy atom. The number of benzene rings is 1. The molecule has 0 amide bonds. The van der Waals surface area contributed by atoms with E-state index in [1.54, 1.807) is 0 Å². The minimum Gasteiger partial charge on any atom is -0.478 e. The molecule has 6 N–H and O–H groups in total. The van der Waals surface area contributed by atoms with Crippen LogP contribution in [0.3, 0.4) is 0 Å². The summed E-state index contributed by atoms with van der Waals surface area (Å²) in [7, 11) is 0. The fourth-order valence-electron chi connectivity index (χ4n) is 0.755. The number of hydrogen-bond acceptors (Lipinski definition) is 2. The molecule has 7 heteroatoms. The van der Waals surface area contributed by atoms with Crippen molar-refractivity contribution in [1.82, 2.24) is 0 Å². The van der Waals surface area contributed by atoms with Crippen molar-refractivity contribution in [3.8, 4) is 0 Å². The van der Waals surface area contributed by atoms with Crippen LogP contribution in [-0.2, 0) is 17.1 Å². The van der Waals surface area contributed by atoms with E-state index in [0.717, 1.165) is 0 Å². The van der Waals surface area contributed by atoms with E-state index in [2.05, 4.69) is 0 Å². The molecule has 0 unspecified atom stereocenters. The second-order valence-corrected chi connectivity index (χ2v) is 2.19. The quantitative estimate of drug-likeness (QED) is 0.692. The Morgan fingerprint density at radius 2 is 1.00 bits per heavy atom. The van der Waals surface area contributed by atoms with Gasteiger partial charge in [-0.1, -0.05) is 0 Å². The average molecular weight is 266 g/mol. The summed E-state index contributed by atoms with van der Waals surface area (Å²) < 4.78 is 0. The first-order valence-corrected chi connectivity index (χ1v) is 3.18. The molecule has 0 aliphatic rings. The normalized spacial score (nSPS) is 7.47. The Balaban J connectivity index is -0.000000480. The summed E-state index contributed by atoms with van der Waals surface area (Å²) in [6, 6.07) is 5.02. The first-order valence-electron chi connectivity index (χ1n) is 3.18. The number of aromatic carboxylic acids is 2. The van der Waals surface area contributed by atoms with Gasteiger partial charge < -0.3 is 21.2 Å². The van der Waals surface area contributed by atoms with Crippen LogP contribution in [0, 0.1) is 0 Å². The van der Waals surface area contributed by atoms with Crippen LogP contribution >= 0.6 is 0 Å². The molecule has 15 heavy (non-hydrogen) atoms. The molecule has 0 aliphatic heterocycles. The van der Waals surface area contributed by atoms with Gasteiger partial charge in [-0.15, -0.1) is 0 Å². The maximum Gasteiger partial charge on any atom is 0.335 e. The van der Waals surface area contributed by atoms with Crippen LogP contribution in [0.1, 0.15) is 20.7 Å². The van der Waals surface area contributed by atoms with Crippen LogP contribution < -0.4 is 0 Å². The molecule has 6 nitrogen and oxygen atoms in total. The average Bonchev–Trinajstić information content (AvgIpc) is 2.04. The summed E-state index contributed by atoms with van der Waals surface area (Å²) in [5, 5.41) is 16.9. The molecule has 0 aromatic heterocycles. The smallest absolute Gasteiger partial charge is 0.335 e. The van der Waals surface area contributed by atoms with Gasteiger partial charge in [0.15, 0.2) is 0 Å². The summed E-state index contributed by atoms with van der Waals surface area (Å²) >= 11 is 0. The molecule has 1 aromatic rings. The standard InChI is InChI=1S/C8H6O4.Cu.2H2O/c9-7(10)5-1-2-6(4-3-5)8(11)12;;;/h1-4H,(H,9,10)(H,11,12);;2*1H2. The maximum atomic E-state index is 10.3. The van der Waals surface area contributed by atoms with E-state index in [1.807, 2.05) is 0 Å². The monoisotopic (exact) mass is 265 g/mol. The van der Waals surface area contributed by atoms with Crippen molar-refractivity contribution in [2.24, 2.45) is 0 Å². The molecule has 0 spiro atoms. The first kappa shape index (κ1) is 19.2. The Hall–Kier alpha value is -1.40. The molecule has 1 aromatic carbocycles. The Kier molecular flexibility index (Phi) is 10.2. The molecule has 0 fully saturated rings. The van der Waals surface area contributed by atoms with Crippen LogP contribution in [0.25, 0.3) is 0 Å². The van der Waals surface area contributed by atoms with Crippen LogP contribution in [0.5, 0.6) is 0 Å². The number of carbonyl (C=O) groups is 2. The van der Waals surface area contributed by atoms with Gasteiger partial charge >= 0.3 is 11.9 Å². The third kappa shape index (κ3) is 5.14. The van der Waals surface area contributed by atoms with E-state index >= 15 is 0 Å². The summed E-state index contributed by atoms with van der Waals surface area (Å²) in [5.41, 5.74) is 0.167. The van der Waals surface area contributed by atoms with Crippen molar-refractivity contribution >= 4 is 11.9 Å². The molecule has 0 saturated carbocycles. The van der Waals surface area contributed by atoms with Gasteiger partial charge in [0.25, 0.3) is 0 Å². The predicted molar refractivity (Wildman–Crippen MR) is 47.6 cm³/mol. The Morgan fingerprint density at radius 3 is 1.13 bits per heavy atom. The largest absolute Gasteiger partial charge is 0.478 e. The number of hydrogen-bond donors (Lipinski definition) is 2. The topological polar surface area (TPSA) is 138 Å². The van der Waals surface area contributed by atoms with Gasteiger partial charge in [0.05, 0.1) is 11.1 Å². The fraction of sp³-hybridized carbons (Fsp3) is 0. The van der Waals surface area contributed by atoms with E-state index in [1.165, 1.54) is 24.3 Å². The second kappa shape index (κ2) is 7.95. The molecule has 89 valence electrons. The van der Waals surface area contributed by atoms with Gasteiger partial charge in [-0.3, -0.25) is 0 Å². The number of carboxylic acid groups (broad SMARTS) is 2. The van der Waals surface area contributed by atoms with E-state index in [0.29, 0.717) is 0 Å². The van der Waals surface area contributed by atoms with E-state index in [-0.39, 0.29) is 39.1 Å². The maximum absolute atomic E-state index is 10.3. The SMILES string of the molecule is O.O.O=C(O)c1ccc(C(=O)O)cc1.[Cu]. The van der Waals surface area contributed by atoms with Crippen LogP contribution in [0.4, 0.5) is 0 Å². The molecule has 1 radical (unpaired) electrons. The molecular formula is C8H10CuO6. The number of carboxylic acids is 2. The van der Waals surface area contributed by atoms with Crippen LogP contribution in [-0.4, -0.2) is 33.1 Å². The molecule has 0 atom stereocenters. The third-order valence-corrected chi connectivity index (χ3v) is 1.38. The van der Waals surface area contributed by atoms with Gasteiger partial charge in [-0.05, 0) is 24.3 Å². The zero-order valence-corrected chi connectivity index (χ0v) is 8.26. The molecule has 0 heterocycles. The zero-order chi connectivity index (χ0) is 9.14. The summed E-state index contributed by atoms with van der Waals surface area (Å²) in [4.78, 5) is 20.7. The molecule has 0 bridgehead atoms. The van der Waals surface area contributed by atoms with Gasteiger partial charge in [-0.25, -0.2) is 9.59 Å². The predicted octanol–water partition coefficient (Wildman–Crippen LogP) is -0.569. The van der Waals surface area contributed by atoms with E-state index in [9.17, 15) is 9.59 Å². The molecule has 0 saturated heterocycles. The van der Waals surface area contributed by atoms with Crippen molar-refractivity contribution in [2.45, 2.75) is 0 Å². The van der Waals surface area contributed by atoms with Gasteiger partial charge in [0.1, 0.15) is 0 Å². The summed E-state index contributed by atoms with van der Waals surface area (Å²) in [6.45, 7) is 0. The summed E-state index contributed by atoms with van der Waals surface area (Å²) in [5.74, 6) is -2.13. The van der Waals surface area contributed by atoms with E-state index < -0.39 is 11.9 Å². The molecule has 0 aliphatic carbocycles. The van der Waals surface area contributed by atoms with Crippen molar-refractivity contribution in [3.05, 3.63) is 35.4 Å². The van der Waals surface area contributed by atoms with Gasteiger partial charge in [-0.2, -0.15) is 0 Å².